The van der Waals surface area contributed by atoms with Crippen LogP contribution in [0.3, 0.4) is 0 Å². The Balaban J connectivity index is 2.20. The van der Waals surface area contributed by atoms with Crippen LogP contribution >= 0.6 is 0 Å². The first kappa shape index (κ1) is 16.4. The molecule has 1 heterocycles. The van der Waals surface area contributed by atoms with Crippen LogP contribution in [0.1, 0.15) is 37.8 Å². The summed E-state index contributed by atoms with van der Waals surface area (Å²) in [6.07, 6.45) is 2.42. The van der Waals surface area contributed by atoms with Gasteiger partial charge in [-0.1, -0.05) is 19.1 Å². The van der Waals surface area contributed by atoms with Gasteiger partial charge in [0.1, 0.15) is 0 Å². The van der Waals surface area contributed by atoms with Gasteiger partial charge in [0.25, 0.3) is 0 Å². The normalized spacial score (nSPS) is 19.6. The predicted octanol–water partition coefficient (Wildman–Crippen LogP) is 1.90. The molecule has 0 radical (unpaired) electrons. The Morgan fingerprint density at radius 2 is 2.05 bits per heavy atom. The van der Waals surface area contributed by atoms with E-state index < -0.39 is 10.0 Å². The lowest BCUT2D eigenvalue weighted by atomic mass is 10.1. The Kier molecular flexibility index (Phi) is 5.37. The fraction of sp³-hybridized carbons (Fsp3) is 0.600. The van der Waals surface area contributed by atoms with Crippen molar-refractivity contribution in [1.29, 1.82) is 0 Å². The summed E-state index contributed by atoms with van der Waals surface area (Å²) in [5, 5.41) is 0. The molecule has 21 heavy (non-hydrogen) atoms. The summed E-state index contributed by atoms with van der Waals surface area (Å²) >= 11 is 0. The summed E-state index contributed by atoms with van der Waals surface area (Å²) in [5.74, 6) is 0. The molecular weight excluding hydrogens is 288 g/mol. The fourth-order valence-corrected chi connectivity index (χ4v) is 4.12. The lowest BCUT2D eigenvalue weighted by Crippen LogP contribution is -2.40. The van der Waals surface area contributed by atoms with Gasteiger partial charge in [0, 0.05) is 26.2 Å². The van der Waals surface area contributed by atoms with Gasteiger partial charge >= 0.3 is 0 Å². The van der Waals surface area contributed by atoms with E-state index in [1.807, 2.05) is 13.0 Å². The summed E-state index contributed by atoms with van der Waals surface area (Å²) in [5.41, 5.74) is 6.86. The molecule has 1 unspecified atom stereocenters. The molecule has 2 N–H and O–H groups in total. The molecule has 0 aromatic heterocycles. The Bertz CT molecular complexity index is 566. The lowest BCUT2D eigenvalue weighted by Gasteiger charge is -2.30. The number of nitrogens with two attached hydrogens (primary N) is 1. The summed E-state index contributed by atoms with van der Waals surface area (Å²) in [6.45, 7) is 3.00. The molecule has 1 fully saturated rings. The van der Waals surface area contributed by atoms with Gasteiger partial charge in [0.15, 0.2) is 0 Å². The minimum atomic E-state index is -3.44. The molecule has 0 bridgehead atoms. The maximum Gasteiger partial charge on any atom is 0.243 e. The smallest absolute Gasteiger partial charge is 0.243 e. The van der Waals surface area contributed by atoms with Crippen molar-refractivity contribution in [1.82, 2.24) is 4.31 Å². The maximum atomic E-state index is 12.7. The number of methoxy groups -OCH3 is 1. The number of nitrogens with zero attached hydrogens (tertiary/aromatic N) is 1. The van der Waals surface area contributed by atoms with Crippen LogP contribution in [0.2, 0.25) is 0 Å². The molecule has 1 atom stereocenters. The lowest BCUT2D eigenvalue weighted by molar-refractivity contribution is 0.0604. The van der Waals surface area contributed by atoms with E-state index in [0.29, 0.717) is 18.0 Å². The maximum absolute atomic E-state index is 12.7. The standard InChI is InChI=1S/C15H24N2O3S/c1-3-15(16)12-5-4-6-14(11-12)21(18,19)17-9-7-13(20-2)8-10-17/h4-6,11,13,15H,3,7-10,16H2,1-2H3. The average Bonchev–Trinajstić information content (AvgIpc) is 2.54. The van der Waals surface area contributed by atoms with Gasteiger partial charge in [-0.3, -0.25) is 0 Å². The van der Waals surface area contributed by atoms with E-state index >= 15 is 0 Å². The molecule has 1 aliphatic rings. The van der Waals surface area contributed by atoms with Crippen LogP contribution in [0.25, 0.3) is 0 Å². The van der Waals surface area contributed by atoms with Crippen LogP contribution in [0.15, 0.2) is 29.2 Å². The van der Waals surface area contributed by atoms with Gasteiger partial charge < -0.3 is 10.5 Å². The summed E-state index contributed by atoms with van der Waals surface area (Å²) in [7, 11) is -1.76. The molecule has 0 amide bonds. The Labute approximate surface area is 127 Å². The van der Waals surface area contributed by atoms with E-state index in [1.165, 1.54) is 0 Å². The monoisotopic (exact) mass is 312 g/mol. The highest BCUT2D eigenvalue weighted by molar-refractivity contribution is 7.89. The highest BCUT2D eigenvalue weighted by atomic mass is 32.2. The van der Waals surface area contributed by atoms with Crippen molar-refractivity contribution in [3.05, 3.63) is 29.8 Å². The molecule has 1 aromatic rings. The summed E-state index contributed by atoms with van der Waals surface area (Å²) in [6, 6.07) is 6.86. The number of hydrogen-bond donors (Lipinski definition) is 1. The second-order valence-corrected chi connectivity index (χ2v) is 7.36. The Morgan fingerprint density at radius 3 is 2.62 bits per heavy atom. The Hall–Kier alpha value is -0.950. The van der Waals surface area contributed by atoms with Gasteiger partial charge in [-0.15, -0.1) is 0 Å². The summed E-state index contributed by atoms with van der Waals surface area (Å²) < 4.78 is 32.2. The molecule has 5 nitrogen and oxygen atoms in total. The molecule has 6 heteroatoms. The van der Waals surface area contributed by atoms with Crippen molar-refractivity contribution in [3.8, 4) is 0 Å². The SMILES string of the molecule is CCC(N)c1cccc(S(=O)(=O)N2CCC(OC)CC2)c1. The van der Waals surface area contributed by atoms with Crippen molar-refractivity contribution in [3.63, 3.8) is 0 Å². The zero-order valence-electron chi connectivity index (χ0n) is 12.7. The second-order valence-electron chi connectivity index (χ2n) is 5.43. The molecule has 118 valence electrons. The van der Waals surface area contributed by atoms with Crippen molar-refractivity contribution >= 4 is 10.0 Å². The van der Waals surface area contributed by atoms with Crippen molar-refractivity contribution in [2.24, 2.45) is 5.73 Å². The first-order valence-electron chi connectivity index (χ1n) is 7.37. The molecule has 0 aliphatic carbocycles. The third kappa shape index (κ3) is 3.63. The van der Waals surface area contributed by atoms with E-state index in [-0.39, 0.29) is 12.1 Å². The fourth-order valence-electron chi connectivity index (χ4n) is 2.60. The molecular formula is C15H24N2O3S. The molecule has 1 aliphatic heterocycles. The van der Waals surface area contributed by atoms with E-state index in [4.69, 9.17) is 10.5 Å². The van der Waals surface area contributed by atoms with Crippen molar-refractivity contribution < 1.29 is 13.2 Å². The van der Waals surface area contributed by atoms with Crippen LogP contribution in [0, 0.1) is 0 Å². The van der Waals surface area contributed by atoms with Crippen LogP contribution in [0.5, 0.6) is 0 Å². The quantitative estimate of drug-likeness (QED) is 0.901. The molecule has 1 saturated heterocycles. The molecule has 2 rings (SSSR count). The number of rotatable bonds is 5. The van der Waals surface area contributed by atoms with Crippen LogP contribution in [-0.2, 0) is 14.8 Å². The first-order valence-corrected chi connectivity index (χ1v) is 8.81. The highest BCUT2D eigenvalue weighted by Crippen LogP contribution is 2.24. The topological polar surface area (TPSA) is 72.6 Å². The van der Waals surface area contributed by atoms with E-state index in [1.54, 1.807) is 29.6 Å². The van der Waals surface area contributed by atoms with Crippen molar-refractivity contribution in [2.75, 3.05) is 20.2 Å². The minimum Gasteiger partial charge on any atom is -0.381 e. The summed E-state index contributed by atoms with van der Waals surface area (Å²) in [4.78, 5) is 0.333. The van der Waals surface area contributed by atoms with Crippen molar-refractivity contribution in [2.45, 2.75) is 43.2 Å². The molecule has 1 aromatic carbocycles. The predicted molar refractivity (Wildman–Crippen MR) is 82.5 cm³/mol. The minimum absolute atomic E-state index is 0.126. The van der Waals surface area contributed by atoms with Crippen LogP contribution in [-0.4, -0.2) is 39.0 Å². The first-order chi connectivity index (χ1) is 9.98. The highest BCUT2D eigenvalue weighted by Gasteiger charge is 2.29. The zero-order valence-corrected chi connectivity index (χ0v) is 13.5. The number of ether oxygens (including phenoxy) is 1. The third-order valence-corrected chi connectivity index (χ3v) is 5.99. The van der Waals surface area contributed by atoms with E-state index in [9.17, 15) is 8.42 Å². The zero-order chi connectivity index (χ0) is 15.5. The van der Waals surface area contributed by atoms with Gasteiger partial charge in [-0.05, 0) is 37.0 Å². The number of sulfonamides is 1. The third-order valence-electron chi connectivity index (χ3n) is 4.10. The van der Waals surface area contributed by atoms with Crippen LogP contribution < -0.4 is 5.73 Å². The molecule has 0 spiro atoms. The number of hydrogen-bond acceptors (Lipinski definition) is 4. The van der Waals surface area contributed by atoms with Gasteiger partial charge in [-0.25, -0.2) is 8.42 Å². The molecule has 0 saturated carbocycles. The Morgan fingerprint density at radius 1 is 1.38 bits per heavy atom. The van der Waals surface area contributed by atoms with Gasteiger partial charge in [-0.2, -0.15) is 4.31 Å². The average molecular weight is 312 g/mol. The van der Waals surface area contributed by atoms with Gasteiger partial charge in [0.05, 0.1) is 11.0 Å². The number of benzene rings is 1. The second kappa shape index (κ2) is 6.87. The largest absolute Gasteiger partial charge is 0.381 e. The van der Waals surface area contributed by atoms with Gasteiger partial charge in [0.2, 0.25) is 10.0 Å². The van der Waals surface area contributed by atoms with E-state index in [2.05, 4.69) is 0 Å². The van der Waals surface area contributed by atoms with Crippen LogP contribution in [0.4, 0.5) is 0 Å². The van der Waals surface area contributed by atoms with E-state index in [0.717, 1.165) is 24.8 Å². The number of piperidine rings is 1.